The molecule has 17 heteroatoms. The number of carbonyl (C=O) groups excluding carboxylic acids is 2. The molecule has 4 rings (SSSR count). The number of fused-ring (bicyclic) bond motifs is 1. The van der Waals surface area contributed by atoms with Crippen LogP contribution in [0.4, 0.5) is 44.2 Å². The number of carboxylic acid groups (broad SMARTS) is 1. The fraction of sp³-hybridized carbons (Fsp3) is 0.321. The highest BCUT2D eigenvalue weighted by Gasteiger charge is 2.38. The normalized spacial score (nSPS) is 12.7. The third-order valence-corrected chi connectivity index (χ3v) is 6.17. The number of alkyl halides is 3. The lowest BCUT2D eigenvalue weighted by atomic mass is 9.97. The molecule has 0 fully saturated rings. The van der Waals surface area contributed by atoms with Crippen molar-refractivity contribution in [3.05, 3.63) is 64.7 Å². The molecule has 1 aromatic heterocycles. The number of rotatable bonds is 8. The first-order chi connectivity index (χ1) is 21.1. The first-order valence-electron chi connectivity index (χ1n) is 13.2. The van der Waals surface area contributed by atoms with E-state index in [9.17, 15) is 41.8 Å². The lowest BCUT2D eigenvalue weighted by Crippen LogP contribution is -2.43. The van der Waals surface area contributed by atoms with Crippen molar-refractivity contribution in [3.63, 3.8) is 0 Å². The zero-order valence-corrected chi connectivity index (χ0v) is 24.0. The number of hydrogen-bond acceptors (Lipinski definition) is 8. The van der Waals surface area contributed by atoms with Crippen molar-refractivity contribution in [3.8, 4) is 11.3 Å². The Kier molecular flexibility index (Phi) is 11.0. The number of aromatic nitrogens is 2. The molecule has 2 heterocycles. The van der Waals surface area contributed by atoms with Gasteiger partial charge in [-0.2, -0.15) is 18.2 Å². The van der Waals surface area contributed by atoms with E-state index in [4.69, 9.17) is 9.90 Å². The predicted octanol–water partition coefficient (Wildman–Crippen LogP) is 3.63. The van der Waals surface area contributed by atoms with E-state index in [1.54, 1.807) is 25.1 Å². The minimum Gasteiger partial charge on any atom is -0.475 e. The van der Waals surface area contributed by atoms with E-state index in [-0.39, 0.29) is 30.3 Å². The maximum absolute atomic E-state index is 14.8. The highest BCUT2D eigenvalue weighted by atomic mass is 19.4. The molecule has 45 heavy (non-hydrogen) atoms. The van der Waals surface area contributed by atoms with E-state index in [0.29, 0.717) is 22.4 Å². The molecule has 12 nitrogen and oxygen atoms in total. The Morgan fingerprint density at radius 1 is 1.07 bits per heavy atom. The number of aliphatic hydroxyl groups excluding tert-OH is 2. The summed E-state index contributed by atoms with van der Waals surface area (Å²) in [5.74, 6) is -5.19. The van der Waals surface area contributed by atoms with Crippen LogP contribution in [-0.4, -0.2) is 74.7 Å². The van der Waals surface area contributed by atoms with Crippen LogP contribution in [0.25, 0.3) is 11.3 Å². The summed E-state index contributed by atoms with van der Waals surface area (Å²) in [4.78, 5) is 44.3. The van der Waals surface area contributed by atoms with E-state index in [2.05, 4.69) is 25.9 Å². The molecule has 1 aliphatic rings. The van der Waals surface area contributed by atoms with Gasteiger partial charge in [0.25, 0.3) is 5.91 Å². The van der Waals surface area contributed by atoms with Gasteiger partial charge in [-0.05, 0) is 50.6 Å². The zero-order chi connectivity index (χ0) is 33.6. The lowest BCUT2D eigenvalue weighted by Gasteiger charge is -2.31. The molecule has 0 radical (unpaired) electrons. The minimum absolute atomic E-state index is 0.0539. The summed E-state index contributed by atoms with van der Waals surface area (Å²) < 4.78 is 61.4. The number of urea groups is 1. The molecule has 0 unspecified atom stereocenters. The average molecular weight is 641 g/mol. The number of halogens is 5. The van der Waals surface area contributed by atoms with Crippen LogP contribution in [0.2, 0.25) is 0 Å². The number of nitrogens with zero attached hydrogens (tertiary/aromatic N) is 3. The van der Waals surface area contributed by atoms with E-state index in [1.807, 2.05) is 13.8 Å². The molecule has 0 atom stereocenters. The molecule has 3 aromatic rings. The number of hydrogen-bond donors (Lipinski definition) is 6. The Morgan fingerprint density at radius 2 is 1.67 bits per heavy atom. The second-order valence-electron chi connectivity index (χ2n) is 9.93. The Labute approximate surface area is 252 Å². The first-order valence-corrected chi connectivity index (χ1v) is 13.2. The van der Waals surface area contributed by atoms with E-state index in [0.717, 1.165) is 22.6 Å². The molecule has 1 aliphatic heterocycles. The largest absolute Gasteiger partial charge is 0.490 e. The quantitative estimate of drug-likeness (QED) is 0.201. The summed E-state index contributed by atoms with van der Waals surface area (Å²) in [6.07, 6.45) is -5.08. The number of aliphatic hydroxyl groups is 2. The number of nitrogens with one attached hydrogen (secondary N) is 3. The number of benzene rings is 2. The molecular weight excluding hydrogens is 611 g/mol. The van der Waals surface area contributed by atoms with Crippen LogP contribution in [0.5, 0.6) is 0 Å². The highest BCUT2D eigenvalue weighted by Crippen LogP contribution is 2.39. The summed E-state index contributed by atoms with van der Waals surface area (Å²) >= 11 is 0. The molecule has 0 aliphatic carbocycles. The monoisotopic (exact) mass is 640 g/mol. The Morgan fingerprint density at radius 3 is 2.20 bits per heavy atom. The van der Waals surface area contributed by atoms with Gasteiger partial charge >= 0.3 is 18.2 Å². The van der Waals surface area contributed by atoms with Crippen LogP contribution in [-0.2, 0) is 11.3 Å². The number of aliphatic carboxylic acids is 1. The van der Waals surface area contributed by atoms with Crippen LogP contribution in [0.15, 0.2) is 36.4 Å². The van der Waals surface area contributed by atoms with Gasteiger partial charge in [-0.25, -0.2) is 28.3 Å². The first kappa shape index (κ1) is 34.6. The van der Waals surface area contributed by atoms with E-state index in [1.165, 1.54) is 6.07 Å². The van der Waals surface area contributed by atoms with Gasteiger partial charge in [0.05, 0.1) is 31.5 Å². The smallest absolute Gasteiger partial charge is 0.475 e. The lowest BCUT2D eigenvalue weighted by molar-refractivity contribution is -0.192. The third kappa shape index (κ3) is 8.18. The van der Waals surface area contributed by atoms with Gasteiger partial charge < -0.3 is 31.3 Å². The summed E-state index contributed by atoms with van der Waals surface area (Å²) in [7, 11) is 0. The fourth-order valence-electron chi connectivity index (χ4n) is 4.05. The van der Waals surface area contributed by atoms with Gasteiger partial charge in [0, 0.05) is 22.7 Å². The highest BCUT2D eigenvalue weighted by molar-refractivity contribution is 6.02. The maximum Gasteiger partial charge on any atom is 0.490 e. The van der Waals surface area contributed by atoms with Crippen molar-refractivity contribution in [2.75, 3.05) is 23.4 Å². The maximum atomic E-state index is 14.8. The van der Waals surface area contributed by atoms with Crippen LogP contribution in [0.1, 0.15) is 35.3 Å². The summed E-state index contributed by atoms with van der Waals surface area (Å²) in [5, 5.41) is 34.5. The zero-order valence-electron chi connectivity index (χ0n) is 24.0. The summed E-state index contributed by atoms with van der Waals surface area (Å²) in [6.45, 7) is 4.51. The van der Waals surface area contributed by atoms with Crippen molar-refractivity contribution < 1.29 is 51.7 Å². The fourth-order valence-corrected chi connectivity index (χ4v) is 4.05. The molecular formula is C28H29F5N6O6. The molecule has 3 amide bonds. The summed E-state index contributed by atoms with van der Waals surface area (Å²) in [6, 6.07) is 6.53. The molecule has 0 spiro atoms. The van der Waals surface area contributed by atoms with Gasteiger partial charge in [-0.1, -0.05) is 12.1 Å². The van der Waals surface area contributed by atoms with Gasteiger partial charge in [-0.15, -0.1) is 0 Å². The number of anilines is 3. The Hall–Kier alpha value is -4.90. The second kappa shape index (κ2) is 14.3. The van der Waals surface area contributed by atoms with Crippen LogP contribution in [0.3, 0.4) is 0 Å². The van der Waals surface area contributed by atoms with Crippen molar-refractivity contribution >= 4 is 35.4 Å². The topological polar surface area (TPSA) is 177 Å². The van der Waals surface area contributed by atoms with Crippen LogP contribution < -0.4 is 20.9 Å². The minimum atomic E-state index is -5.08. The molecule has 0 saturated carbocycles. The van der Waals surface area contributed by atoms with Gasteiger partial charge in [0.2, 0.25) is 5.95 Å². The number of carbonyl (C=O) groups is 3. The van der Waals surface area contributed by atoms with Crippen LogP contribution in [0, 0.1) is 18.6 Å². The Balaban J connectivity index is 0.000000707. The second-order valence-corrected chi connectivity index (χ2v) is 9.93. The average Bonchev–Trinajstić information content (AvgIpc) is 2.96. The Bertz CT molecular complexity index is 1560. The number of carboxylic acids is 1. The molecule has 0 bridgehead atoms. The molecule has 242 valence electrons. The van der Waals surface area contributed by atoms with E-state index >= 15 is 0 Å². The number of amides is 3. The van der Waals surface area contributed by atoms with Gasteiger partial charge in [-0.3, -0.25) is 4.79 Å². The van der Waals surface area contributed by atoms with Gasteiger partial charge in [0.15, 0.2) is 5.82 Å². The van der Waals surface area contributed by atoms with Crippen LogP contribution >= 0.6 is 0 Å². The molecule has 2 aromatic carbocycles. The predicted molar refractivity (Wildman–Crippen MR) is 151 cm³/mol. The summed E-state index contributed by atoms with van der Waals surface area (Å²) in [5.41, 5.74) is 1.65. The van der Waals surface area contributed by atoms with Crippen molar-refractivity contribution in [1.82, 2.24) is 20.6 Å². The SMILES string of the molecule is Cc1ccc(C(=O)NC(C)C)cc1-c1nc(NC(CO)CO)nc2c1CNC(=O)N2c1c(F)cccc1F.O=C(O)C(F)(F)F. The number of aryl methyl sites for hydroxylation is 1. The number of para-hydroxylation sites is 1. The molecule has 0 saturated heterocycles. The van der Waals surface area contributed by atoms with E-state index < -0.39 is 54.8 Å². The van der Waals surface area contributed by atoms with Crippen molar-refractivity contribution in [2.45, 2.75) is 45.6 Å². The standard InChI is InChI=1S/C26H28F2N6O4.C2HF3O2/c1-13(2)30-24(37)15-8-7-14(3)17(9-15)21-18-10-29-26(38)34(22-19(27)5-4-6-20(22)28)23(18)33-25(32-21)31-16(11-35)12-36;3-2(4,5)1(6)7/h4-9,13,16,35-36H,10-12H2,1-3H3,(H,29,38)(H,30,37)(H,31,32,33);(H,6,7). The third-order valence-electron chi connectivity index (χ3n) is 6.17. The van der Waals surface area contributed by atoms with Gasteiger partial charge in [0.1, 0.15) is 17.3 Å². The van der Waals surface area contributed by atoms with Crippen molar-refractivity contribution in [2.24, 2.45) is 0 Å². The van der Waals surface area contributed by atoms with Crippen molar-refractivity contribution in [1.29, 1.82) is 0 Å². The molecule has 6 N–H and O–H groups in total.